The van der Waals surface area contributed by atoms with Crippen molar-refractivity contribution in [1.29, 1.82) is 0 Å². The van der Waals surface area contributed by atoms with Crippen LogP contribution in [0.5, 0.6) is 0 Å². The first-order valence-electron chi connectivity index (χ1n) is 3.57. The second-order valence-electron chi connectivity index (χ2n) is 2.38. The van der Waals surface area contributed by atoms with E-state index in [1.807, 2.05) is 0 Å². The van der Waals surface area contributed by atoms with Crippen LogP contribution >= 0.6 is 27.4 Å². The summed E-state index contributed by atoms with van der Waals surface area (Å²) in [6.45, 7) is 1.13. The predicted octanol–water partition coefficient (Wildman–Crippen LogP) is -7.45. The van der Waals surface area contributed by atoms with E-state index in [1.54, 1.807) is 0 Å². The molecule has 0 aliphatic heterocycles. The number of rotatable bonds is 6. The molecule has 0 aromatic heterocycles. The Labute approximate surface area is 151 Å². The molecule has 18 heavy (non-hydrogen) atoms. The van der Waals surface area contributed by atoms with Gasteiger partial charge in [-0.15, -0.1) is 0 Å². The summed E-state index contributed by atoms with van der Waals surface area (Å²) >= 11 is 0.490. The molecule has 1 atom stereocenters. The number of carbonyl (C=O) groups is 1. The first-order valence-corrected chi connectivity index (χ1v) is 7.55. The summed E-state index contributed by atoms with van der Waals surface area (Å²) < 4.78 is 28.2. The molecule has 0 rings (SSSR count). The summed E-state index contributed by atoms with van der Waals surface area (Å²) in [6.07, 6.45) is -2.00. The molecular formula is C4H8Na2O9P2S. The molecule has 9 nitrogen and oxygen atoms in total. The predicted molar refractivity (Wildman–Crippen MR) is 48.7 cm³/mol. The van der Waals surface area contributed by atoms with Gasteiger partial charge in [0.1, 0.15) is 0 Å². The van der Waals surface area contributed by atoms with Gasteiger partial charge in [0.05, 0.1) is 13.6 Å². The van der Waals surface area contributed by atoms with Crippen LogP contribution in [0.25, 0.3) is 0 Å². The van der Waals surface area contributed by atoms with Crippen LogP contribution in [-0.2, 0) is 23.0 Å². The van der Waals surface area contributed by atoms with Crippen LogP contribution in [0.1, 0.15) is 6.92 Å². The molecule has 1 unspecified atom stereocenters. The molecule has 0 saturated heterocycles. The molecule has 14 heteroatoms. The summed E-state index contributed by atoms with van der Waals surface area (Å²) in [4.78, 5) is 47.6. The van der Waals surface area contributed by atoms with Gasteiger partial charge >= 0.3 is 66.9 Å². The average Bonchev–Trinajstić information content (AvgIpc) is 1.93. The summed E-state index contributed by atoms with van der Waals surface area (Å²) in [6, 6.07) is 0. The van der Waals surface area contributed by atoms with E-state index in [0.29, 0.717) is 11.8 Å². The largest absolute Gasteiger partial charge is 1.00 e. The van der Waals surface area contributed by atoms with Crippen molar-refractivity contribution in [2.75, 3.05) is 5.75 Å². The fourth-order valence-electron chi connectivity index (χ4n) is 0.563. The van der Waals surface area contributed by atoms with Crippen molar-refractivity contribution in [2.24, 2.45) is 0 Å². The third kappa shape index (κ3) is 18.2. The van der Waals surface area contributed by atoms with Gasteiger partial charge in [0.15, 0.2) is 11.4 Å². The molecule has 0 aliphatic rings. The topological polar surface area (TPSA) is 156 Å². The van der Waals surface area contributed by atoms with Gasteiger partial charge in [0.25, 0.3) is 0 Å². The van der Waals surface area contributed by atoms with Gasteiger partial charge in [-0.2, -0.15) is 0 Å². The van der Waals surface area contributed by atoms with Gasteiger partial charge in [-0.1, -0.05) is 11.8 Å². The Morgan fingerprint density at radius 3 is 2.00 bits per heavy atom. The van der Waals surface area contributed by atoms with Crippen LogP contribution in [0.2, 0.25) is 0 Å². The van der Waals surface area contributed by atoms with E-state index >= 15 is 0 Å². The Morgan fingerprint density at radius 2 is 1.72 bits per heavy atom. The molecule has 0 aliphatic carbocycles. The second-order valence-corrected chi connectivity index (χ2v) is 5.87. The van der Waals surface area contributed by atoms with E-state index in [9.17, 15) is 23.7 Å². The number of hydrogen-bond donors (Lipinski definition) is 2. The minimum Gasteiger partial charge on any atom is -0.790 e. The van der Waals surface area contributed by atoms with Crippen LogP contribution in [0.3, 0.4) is 0 Å². The molecule has 0 heterocycles. The molecule has 0 aromatic rings. The van der Waals surface area contributed by atoms with Crippen LogP contribution < -0.4 is 68.9 Å². The maximum absolute atomic E-state index is 10.5. The van der Waals surface area contributed by atoms with E-state index in [4.69, 9.17) is 9.79 Å². The Bertz CT molecular complexity index is 315. The normalized spacial score (nSPS) is 13.2. The van der Waals surface area contributed by atoms with Crippen LogP contribution in [-0.4, -0.2) is 26.9 Å². The molecule has 0 aromatic carbocycles. The van der Waals surface area contributed by atoms with Crippen molar-refractivity contribution in [3.05, 3.63) is 0 Å². The summed E-state index contributed by atoms with van der Waals surface area (Å²) in [5.74, 6) is -0.533. The monoisotopic (exact) mass is 340 g/mol. The molecule has 0 fully saturated rings. The van der Waals surface area contributed by atoms with Gasteiger partial charge in [-0.25, -0.2) is 4.57 Å². The van der Waals surface area contributed by atoms with Crippen molar-refractivity contribution < 1.29 is 102 Å². The maximum atomic E-state index is 10.5. The van der Waals surface area contributed by atoms with Gasteiger partial charge in [-0.3, -0.25) is 9.32 Å². The number of phosphoric acid groups is 2. The van der Waals surface area contributed by atoms with E-state index in [1.165, 1.54) is 0 Å². The molecule has 96 valence electrons. The first-order chi connectivity index (χ1) is 6.99. The van der Waals surface area contributed by atoms with E-state index in [2.05, 4.69) is 9.05 Å². The van der Waals surface area contributed by atoms with Crippen LogP contribution in [0, 0.1) is 0 Å². The van der Waals surface area contributed by atoms with Crippen molar-refractivity contribution in [2.45, 2.75) is 13.2 Å². The van der Waals surface area contributed by atoms with E-state index < -0.39 is 32.8 Å². The number of hydrogen-bond acceptors (Lipinski definition) is 8. The number of carbonyl (C=O) groups excluding carboxylic acids is 1. The Morgan fingerprint density at radius 1 is 1.28 bits per heavy atom. The van der Waals surface area contributed by atoms with Gasteiger partial charge < -0.3 is 28.7 Å². The standard InChI is InChI=1S/C4H10O9P2S.2Na/c1-3(5)16-2-4(12-14(6,7)8)13-15(9,10)11;;/h4H,2H2,1H3,(H2,6,7,8)(H2,9,10,11);;/q;2*+1/p-2. The maximum Gasteiger partial charge on any atom is 1.00 e. The summed E-state index contributed by atoms with van der Waals surface area (Å²) in [5, 5.41) is -0.463. The molecule has 0 amide bonds. The molecule has 2 N–H and O–H groups in total. The quantitative estimate of drug-likeness (QED) is 0.270. The molecule has 0 bridgehead atoms. The fraction of sp³-hybridized carbons (Fsp3) is 0.750. The second kappa shape index (κ2) is 10.9. The van der Waals surface area contributed by atoms with Gasteiger partial charge in [0, 0.05) is 6.92 Å². The summed E-state index contributed by atoms with van der Waals surface area (Å²) in [7, 11) is -10.5. The zero-order chi connectivity index (χ0) is 13.0. The third-order valence-electron chi connectivity index (χ3n) is 0.924. The Balaban J connectivity index is -0.00000112. The summed E-state index contributed by atoms with van der Waals surface area (Å²) in [5.41, 5.74) is 0. The van der Waals surface area contributed by atoms with Gasteiger partial charge in [0.2, 0.25) is 0 Å². The molecule has 0 radical (unpaired) electrons. The zero-order valence-corrected chi connectivity index (χ0v) is 16.4. The number of thioether (sulfide) groups is 1. The molecule has 0 spiro atoms. The third-order valence-corrected chi connectivity index (χ3v) is 2.77. The van der Waals surface area contributed by atoms with Crippen molar-refractivity contribution in [1.82, 2.24) is 0 Å². The molecule has 0 saturated carbocycles. The minimum absolute atomic E-state index is 0. The first kappa shape index (κ1) is 25.2. The fourth-order valence-corrected chi connectivity index (χ4v) is 2.17. The van der Waals surface area contributed by atoms with Crippen LogP contribution in [0.15, 0.2) is 0 Å². The van der Waals surface area contributed by atoms with Crippen molar-refractivity contribution >= 4 is 32.5 Å². The van der Waals surface area contributed by atoms with Crippen LogP contribution in [0.4, 0.5) is 0 Å². The van der Waals surface area contributed by atoms with E-state index in [0.717, 1.165) is 6.92 Å². The minimum atomic E-state index is -5.46. The average molecular weight is 340 g/mol. The zero-order valence-electron chi connectivity index (χ0n) is 9.84. The molecular weight excluding hydrogens is 332 g/mol. The Hall–Kier alpha value is 2.24. The van der Waals surface area contributed by atoms with Gasteiger partial charge in [-0.05, 0) is 0 Å². The van der Waals surface area contributed by atoms with Crippen molar-refractivity contribution in [3.8, 4) is 0 Å². The van der Waals surface area contributed by atoms with E-state index in [-0.39, 0.29) is 59.1 Å². The number of phosphoric ester groups is 2. The Kier molecular flexibility index (Phi) is 15.3. The SMILES string of the molecule is CC(=O)SCC(OP(=O)([O-])[O-])OP(=O)(O)O.[Na+].[Na+]. The van der Waals surface area contributed by atoms with Crippen molar-refractivity contribution in [3.63, 3.8) is 0 Å². The smallest absolute Gasteiger partial charge is 0.790 e.